The first-order valence-electron chi connectivity index (χ1n) is 7.05. The smallest absolute Gasteiger partial charge is 0.0840 e. The highest BCUT2D eigenvalue weighted by Gasteiger charge is 2.40. The molecule has 2 heteroatoms. The van der Waals surface area contributed by atoms with Crippen LogP contribution in [0, 0.1) is 0 Å². The zero-order chi connectivity index (χ0) is 12.8. The van der Waals surface area contributed by atoms with Crippen molar-refractivity contribution in [2.24, 2.45) is 0 Å². The van der Waals surface area contributed by atoms with E-state index in [0.29, 0.717) is 5.41 Å². The molecule has 0 saturated carbocycles. The van der Waals surface area contributed by atoms with Gasteiger partial charge in [0.1, 0.15) is 0 Å². The first kappa shape index (κ1) is 12.2. The van der Waals surface area contributed by atoms with Crippen molar-refractivity contribution in [3.63, 3.8) is 0 Å². The number of piperidine rings is 3. The van der Waals surface area contributed by atoms with E-state index in [0.717, 1.165) is 5.56 Å². The largest absolute Gasteiger partial charge is 0.386 e. The van der Waals surface area contributed by atoms with Crippen molar-refractivity contribution < 1.29 is 5.11 Å². The second kappa shape index (κ2) is 4.07. The SMILES string of the molecule is CC(C)(O)c1ccc(C23CCN(CC2)CC3)cc1. The standard InChI is InChI=1S/C16H23NO/c1-15(2,18)13-3-5-14(6-4-13)16-7-10-17(11-8-16)12-9-16/h3-6,18H,7-12H2,1-2H3. The molecule has 0 aliphatic carbocycles. The summed E-state index contributed by atoms with van der Waals surface area (Å²) in [5.41, 5.74) is 2.18. The van der Waals surface area contributed by atoms with Crippen LogP contribution >= 0.6 is 0 Å². The first-order valence-corrected chi connectivity index (χ1v) is 7.05. The fourth-order valence-electron chi connectivity index (χ4n) is 3.49. The van der Waals surface area contributed by atoms with Gasteiger partial charge in [0.25, 0.3) is 0 Å². The summed E-state index contributed by atoms with van der Waals surface area (Å²) >= 11 is 0. The Balaban J connectivity index is 1.88. The molecular formula is C16H23NO. The summed E-state index contributed by atoms with van der Waals surface area (Å²) in [6.45, 7) is 7.46. The van der Waals surface area contributed by atoms with E-state index in [4.69, 9.17) is 0 Å². The van der Waals surface area contributed by atoms with E-state index in [1.165, 1.54) is 44.5 Å². The summed E-state index contributed by atoms with van der Waals surface area (Å²) in [6.07, 6.45) is 3.90. The zero-order valence-electron chi connectivity index (χ0n) is 11.4. The molecule has 2 bridgehead atoms. The van der Waals surface area contributed by atoms with Gasteiger partial charge in [-0.3, -0.25) is 0 Å². The van der Waals surface area contributed by atoms with Crippen molar-refractivity contribution in [1.82, 2.24) is 4.90 Å². The molecule has 3 heterocycles. The maximum atomic E-state index is 10.0. The average Bonchev–Trinajstić information content (AvgIpc) is 2.40. The number of hydrogen-bond acceptors (Lipinski definition) is 2. The topological polar surface area (TPSA) is 23.5 Å². The monoisotopic (exact) mass is 245 g/mol. The summed E-state index contributed by atoms with van der Waals surface area (Å²) < 4.78 is 0. The molecule has 3 aliphatic heterocycles. The minimum Gasteiger partial charge on any atom is -0.386 e. The van der Waals surface area contributed by atoms with Gasteiger partial charge in [0, 0.05) is 0 Å². The molecule has 3 fully saturated rings. The van der Waals surface area contributed by atoms with Gasteiger partial charge in [-0.05, 0) is 69.3 Å². The quantitative estimate of drug-likeness (QED) is 0.866. The van der Waals surface area contributed by atoms with Gasteiger partial charge in [-0.15, -0.1) is 0 Å². The van der Waals surface area contributed by atoms with Crippen molar-refractivity contribution in [1.29, 1.82) is 0 Å². The summed E-state index contributed by atoms with van der Waals surface area (Å²) in [5, 5.41) is 10.0. The first-order chi connectivity index (χ1) is 8.50. The summed E-state index contributed by atoms with van der Waals surface area (Å²) in [5.74, 6) is 0. The van der Waals surface area contributed by atoms with Crippen LogP contribution in [0.5, 0.6) is 0 Å². The molecule has 1 aromatic rings. The highest BCUT2D eigenvalue weighted by Crippen LogP contribution is 2.43. The van der Waals surface area contributed by atoms with Crippen LogP contribution in [0.1, 0.15) is 44.2 Å². The Hall–Kier alpha value is -0.860. The van der Waals surface area contributed by atoms with Gasteiger partial charge >= 0.3 is 0 Å². The second-order valence-corrected chi connectivity index (χ2v) is 6.51. The maximum absolute atomic E-state index is 10.0. The van der Waals surface area contributed by atoms with Crippen LogP contribution < -0.4 is 0 Å². The highest BCUT2D eigenvalue weighted by molar-refractivity contribution is 5.33. The van der Waals surface area contributed by atoms with Gasteiger partial charge in [-0.1, -0.05) is 24.3 Å². The Morgan fingerprint density at radius 3 is 1.94 bits per heavy atom. The molecule has 0 radical (unpaired) electrons. The lowest BCUT2D eigenvalue weighted by molar-refractivity contribution is 0.0769. The lowest BCUT2D eigenvalue weighted by Gasteiger charge is -2.49. The van der Waals surface area contributed by atoms with E-state index in [9.17, 15) is 5.11 Å². The molecule has 98 valence electrons. The zero-order valence-corrected chi connectivity index (χ0v) is 11.4. The number of nitrogens with zero attached hydrogens (tertiary/aromatic N) is 1. The molecule has 0 amide bonds. The molecule has 0 aromatic heterocycles. The van der Waals surface area contributed by atoms with E-state index in [-0.39, 0.29) is 0 Å². The molecule has 3 saturated heterocycles. The van der Waals surface area contributed by atoms with Gasteiger partial charge in [0.2, 0.25) is 0 Å². The van der Waals surface area contributed by atoms with Crippen LogP contribution in [0.3, 0.4) is 0 Å². The Kier molecular flexibility index (Phi) is 2.76. The Morgan fingerprint density at radius 2 is 1.50 bits per heavy atom. The summed E-state index contributed by atoms with van der Waals surface area (Å²) in [4.78, 5) is 2.58. The van der Waals surface area contributed by atoms with E-state index in [2.05, 4.69) is 29.2 Å². The molecule has 2 nitrogen and oxygen atoms in total. The van der Waals surface area contributed by atoms with Crippen molar-refractivity contribution in [3.8, 4) is 0 Å². The lowest BCUT2D eigenvalue weighted by atomic mass is 9.67. The lowest BCUT2D eigenvalue weighted by Crippen LogP contribution is -2.50. The number of fused-ring (bicyclic) bond motifs is 3. The van der Waals surface area contributed by atoms with Crippen molar-refractivity contribution in [2.45, 2.75) is 44.1 Å². The third-order valence-corrected chi connectivity index (χ3v) is 4.92. The molecule has 1 N–H and O–H groups in total. The Morgan fingerprint density at radius 1 is 1.00 bits per heavy atom. The van der Waals surface area contributed by atoms with Crippen LogP contribution in [-0.2, 0) is 11.0 Å². The molecule has 0 spiro atoms. The van der Waals surface area contributed by atoms with Crippen molar-refractivity contribution in [3.05, 3.63) is 35.4 Å². The van der Waals surface area contributed by atoms with E-state index < -0.39 is 5.60 Å². The Bertz CT molecular complexity index is 408. The van der Waals surface area contributed by atoms with Crippen LogP contribution in [0.2, 0.25) is 0 Å². The van der Waals surface area contributed by atoms with Crippen molar-refractivity contribution in [2.75, 3.05) is 19.6 Å². The van der Waals surface area contributed by atoms with Crippen LogP contribution in [-0.4, -0.2) is 29.6 Å². The number of benzene rings is 1. The van der Waals surface area contributed by atoms with Gasteiger partial charge in [-0.25, -0.2) is 0 Å². The number of aliphatic hydroxyl groups is 1. The van der Waals surface area contributed by atoms with Gasteiger partial charge < -0.3 is 10.0 Å². The average molecular weight is 245 g/mol. The summed E-state index contributed by atoms with van der Waals surface area (Å²) in [7, 11) is 0. The van der Waals surface area contributed by atoms with Crippen LogP contribution in [0.25, 0.3) is 0 Å². The molecule has 4 rings (SSSR count). The molecule has 18 heavy (non-hydrogen) atoms. The molecule has 3 aliphatic rings. The van der Waals surface area contributed by atoms with Crippen LogP contribution in [0.4, 0.5) is 0 Å². The van der Waals surface area contributed by atoms with Crippen LogP contribution in [0.15, 0.2) is 24.3 Å². The molecule has 1 aromatic carbocycles. The molecule has 0 unspecified atom stereocenters. The number of rotatable bonds is 2. The van der Waals surface area contributed by atoms with Gasteiger partial charge in [0.05, 0.1) is 5.60 Å². The summed E-state index contributed by atoms with van der Waals surface area (Å²) in [6, 6.07) is 8.69. The minimum atomic E-state index is -0.730. The highest BCUT2D eigenvalue weighted by atomic mass is 16.3. The Labute approximate surface area is 110 Å². The maximum Gasteiger partial charge on any atom is 0.0840 e. The normalized spacial score (nSPS) is 31.6. The van der Waals surface area contributed by atoms with E-state index in [1.807, 2.05) is 13.8 Å². The van der Waals surface area contributed by atoms with E-state index in [1.54, 1.807) is 0 Å². The molecular weight excluding hydrogens is 222 g/mol. The third-order valence-electron chi connectivity index (χ3n) is 4.92. The second-order valence-electron chi connectivity index (χ2n) is 6.51. The van der Waals surface area contributed by atoms with Gasteiger partial charge in [-0.2, -0.15) is 0 Å². The predicted molar refractivity (Wildman–Crippen MR) is 73.7 cm³/mol. The minimum absolute atomic E-state index is 0.423. The van der Waals surface area contributed by atoms with Gasteiger partial charge in [0.15, 0.2) is 0 Å². The van der Waals surface area contributed by atoms with E-state index >= 15 is 0 Å². The van der Waals surface area contributed by atoms with Crippen molar-refractivity contribution >= 4 is 0 Å². The fourth-order valence-corrected chi connectivity index (χ4v) is 3.49. The predicted octanol–water partition coefficient (Wildman–Crippen LogP) is 2.65. The fraction of sp³-hybridized carbons (Fsp3) is 0.625. The third kappa shape index (κ3) is 1.98. The number of hydrogen-bond donors (Lipinski definition) is 1. The molecule has 0 atom stereocenters.